The monoisotopic (exact) mass is 243 g/mol. The van der Waals surface area contributed by atoms with E-state index in [1.54, 1.807) is 18.2 Å². The molecule has 0 radical (unpaired) electrons. The molecule has 1 heterocycles. The van der Waals surface area contributed by atoms with Crippen molar-refractivity contribution in [3.05, 3.63) is 24.3 Å². The third-order valence-corrected chi connectivity index (χ3v) is 5.58. The van der Waals surface area contributed by atoms with Gasteiger partial charge in [0.1, 0.15) is 0 Å². The maximum absolute atomic E-state index is 10.3. The van der Waals surface area contributed by atoms with Crippen molar-refractivity contribution in [2.45, 2.75) is 23.5 Å². The average molecular weight is 243 g/mol. The molecule has 5 heteroatoms. The summed E-state index contributed by atoms with van der Waals surface area (Å²) in [4.78, 5) is 5.83. The van der Waals surface area contributed by atoms with Crippen LogP contribution in [0.3, 0.4) is 0 Å². The van der Waals surface area contributed by atoms with Crippen molar-refractivity contribution in [3.63, 3.8) is 0 Å². The normalized spacial score (nSPS) is 23.7. The van der Waals surface area contributed by atoms with E-state index in [0.29, 0.717) is 11.4 Å². The maximum Gasteiger partial charge on any atom is 0.0867 e. The largest absolute Gasteiger partial charge is 0.294 e. The molecule has 0 aliphatic carbocycles. The van der Waals surface area contributed by atoms with E-state index in [0.717, 1.165) is 5.69 Å². The number of fused-ring (bicyclic) bond motifs is 1. The van der Waals surface area contributed by atoms with Crippen molar-refractivity contribution in [2.24, 2.45) is 0 Å². The lowest BCUT2D eigenvalue weighted by atomic mass is 10.2. The van der Waals surface area contributed by atoms with E-state index in [4.69, 9.17) is 4.84 Å². The third kappa shape index (κ3) is 1.51. The molecule has 0 saturated heterocycles. The number of hydrogen-bond donors (Lipinski definition) is 2. The smallest absolute Gasteiger partial charge is 0.0867 e. The van der Waals surface area contributed by atoms with E-state index in [1.807, 2.05) is 32.0 Å². The average Bonchev–Trinajstić information content (AvgIpc) is 2.24. The van der Waals surface area contributed by atoms with Crippen molar-refractivity contribution in [1.29, 1.82) is 0 Å². The molecule has 0 atom stereocenters. The Labute approximate surface area is 97.1 Å². The number of hydroxylamine groups is 1. The molecule has 1 aliphatic rings. The zero-order valence-corrected chi connectivity index (χ0v) is 10.5. The van der Waals surface area contributed by atoms with E-state index in [1.165, 1.54) is 0 Å². The van der Waals surface area contributed by atoms with Crippen molar-refractivity contribution in [1.82, 2.24) is 0 Å². The minimum atomic E-state index is -2.78. The summed E-state index contributed by atoms with van der Waals surface area (Å²) in [6.07, 6.45) is 0. The van der Waals surface area contributed by atoms with Gasteiger partial charge >= 0.3 is 0 Å². The second-order valence-corrected chi connectivity index (χ2v) is 7.14. The predicted octanol–water partition coefficient (Wildman–Crippen LogP) is 2.96. The van der Waals surface area contributed by atoms with Crippen LogP contribution in [0.4, 0.5) is 5.69 Å². The summed E-state index contributed by atoms with van der Waals surface area (Å²) >= 11 is 0. The molecule has 0 saturated carbocycles. The molecule has 2 rings (SSSR count). The molecule has 0 amide bonds. The summed E-state index contributed by atoms with van der Waals surface area (Å²) in [6.45, 7) is 4.14. The number of para-hydroxylation sites is 1. The second kappa shape index (κ2) is 3.63. The molecule has 16 heavy (non-hydrogen) atoms. The fraction of sp³-hybridized carbons (Fsp3) is 0.455. The van der Waals surface area contributed by atoms with Gasteiger partial charge < -0.3 is 0 Å². The first kappa shape index (κ1) is 11.7. The zero-order valence-electron chi connectivity index (χ0n) is 9.67. The van der Waals surface area contributed by atoms with E-state index in [2.05, 4.69) is 0 Å². The standard InChI is InChI=1S/C11H17NO3S/c1-11(2)8-12(15-3)9-6-4-5-7-10(9)16(11,13)14/h4-7,13-14H,8H2,1-3H3. The van der Waals surface area contributed by atoms with Gasteiger partial charge in [-0.1, -0.05) is 12.1 Å². The van der Waals surface area contributed by atoms with E-state index < -0.39 is 15.3 Å². The van der Waals surface area contributed by atoms with Gasteiger partial charge in [-0.05, 0) is 26.0 Å². The lowest BCUT2D eigenvalue weighted by molar-refractivity contribution is 0.154. The van der Waals surface area contributed by atoms with Crippen LogP contribution in [0.1, 0.15) is 13.8 Å². The fourth-order valence-electron chi connectivity index (χ4n) is 1.89. The van der Waals surface area contributed by atoms with Gasteiger partial charge in [0.05, 0.1) is 29.0 Å². The van der Waals surface area contributed by atoms with Crippen molar-refractivity contribution in [3.8, 4) is 0 Å². The Hall–Kier alpha value is -0.750. The quantitative estimate of drug-likeness (QED) is 0.796. The number of hydrogen-bond acceptors (Lipinski definition) is 4. The highest BCUT2D eigenvalue weighted by molar-refractivity contribution is 8.25. The van der Waals surface area contributed by atoms with Gasteiger partial charge in [0.2, 0.25) is 0 Å². The van der Waals surface area contributed by atoms with Crippen LogP contribution in [0.2, 0.25) is 0 Å². The van der Waals surface area contributed by atoms with Gasteiger partial charge in [-0.3, -0.25) is 19.0 Å². The summed E-state index contributed by atoms with van der Waals surface area (Å²) in [5.74, 6) is 0. The van der Waals surface area contributed by atoms with Crippen molar-refractivity contribution < 1.29 is 13.9 Å². The Morgan fingerprint density at radius 1 is 1.31 bits per heavy atom. The number of benzene rings is 1. The number of rotatable bonds is 1. The van der Waals surface area contributed by atoms with Gasteiger partial charge in [-0.25, -0.2) is 0 Å². The van der Waals surface area contributed by atoms with Crippen LogP contribution < -0.4 is 5.06 Å². The van der Waals surface area contributed by atoms with Gasteiger partial charge in [-0.2, -0.15) is 10.6 Å². The zero-order chi connectivity index (χ0) is 12.0. The minimum Gasteiger partial charge on any atom is -0.294 e. The summed E-state index contributed by atoms with van der Waals surface area (Å²) in [7, 11) is -1.20. The van der Waals surface area contributed by atoms with Crippen LogP contribution in [0, 0.1) is 0 Å². The fourth-order valence-corrected chi connectivity index (χ4v) is 3.51. The third-order valence-electron chi connectivity index (χ3n) is 2.96. The Morgan fingerprint density at radius 2 is 1.94 bits per heavy atom. The first-order valence-electron chi connectivity index (χ1n) is 5.08. The summed E-state index contributed by atoms with van der Waals surface area (Å²) in [5, 5.41) is 1.70. The Kier molecular flexibility index (Phi) is 2.66. The van der Waals surface area contributed by atoms with Crippen LogP contribution in [-0.4, -0.2) is 27.5 Å². The van der Waals surface area contributed by atoms with E-state index in [-0.39, 0.29) is 0 Å². The topological polar surface area (TPSA) is 52.9 Å². The molecule has 1 aromatic carbocycles. The molecule has 0 unspecified atom stereocenters. The minimum absolute atomic E-state index is 0.461. The van der Waals surface area contributed by atoms with Crippen LogP contribution in [0.15, 0.2) is 29.2 Å². The lowest BCUT2D eigenvalue weighted by Crippen LogP contribution is -2.46. The molecular weight excluding hydrogens is 226 g/mol. The van der Waals surface area contributed by atoms with Gasteiger partial charge in [-0.15, -0.1) is 0 Å². The van der Waals surface area contributed by atoms with Crippen molar-refractivity contribution >= 4 is 16.3 Å². The highest BCUT2D eigenvalue weighted by Crippen LogP contribution is 2.64. The maximum atomic E-state index is 10.3. The molecule has 0 fully saturated rings. The van der Waals surface area contributed by atoms with Gasteiger partial charge in [0.15, 0.2) is 0 Å². The molecule has 4 nitrogen and oxygen atoms in total. The molecule has 0 aromatic heterocycles. The molecule has 90 valence electrons. The van der Waals surface area contributed by atoms with E-state index in [9.17, 15) is 9.11 Å². The first-order chi connectivity index (χ1) is 7.40. The summed E-state index contributed by atoms with van der Waals surface area (Å²) in [6, 6.07) is 7.25. The molecular formula is C11H17NO3S. The molecule has 1 aromatic rings. The van der Waals surface area contributed by atoms with Crippen LogP contribution in [-0.2, 0) is 4.84 Å². The lowest BCUT2D eigenvalue weighted by Gasteiger charge is -2.53. The highest BCUT2D eigenvalue weighted by Gasteiger charge is 2.44. The highest BCUT2D eigenvalue weighted by atomic mass is 32.3. The van der Waals surface area contributed by atoms with Gasteiger partial charge in [0, 0.05) is 0 Å². The Balaban J connectivity index is 2.60. The van der Waals surface area contributed by atoms with Crippen LogP contribution in [0.5, 0.6) is 0 Å². The second-order valence-electron chi connectivity index (χ2n) is 4.50. The molecule has 2 N–H and O–H groups in total. The van der Waals surface area contributed by atoms with E-state index >= 15 is 0 Å². The molecule has 0 spiro atoms. The Morgan fingerprint density at radius 3 is 2.56 bits per heavy atom. The number of anilines is 1. The molecule has 0 bridgehead atoms. The summed E-state index contributed by atoms with van der Waals surface area (Å²) in [5.41, 5.74) is 0.740. The van der Waals surface area contributed by atoms with Crippen LogP contribution >= 0.6 is 10.6 Å². The van der Waals surface area contributed by atoms with Crippen LogP contribution in [0.25, 0.3) is 0 Å². The summed E-state index contributed by atoms with van der Waals surface area (Å²) < 4.78 is 20.0. The van der Waals surface area contributed by atoms with Crippen molar-refractivity contribution in [2.75, 3.05) is 18.7 Å². The first-order valence-corrected chi connectivity index (χ1v) is 6.63. The predicted molar refractivity (Wildman–Crippen MR) is 66.0 cm³/mol. The number of nitrogens with zero attached hydrogens (tertiary/aromatic N) is 1. The Bertz CT molecular complexity index is 406. The van der Waals surface area contributed by atoms with Gasteiger partial charge in [0.25, 0.3) is 0 Å². The molecule has 1 aliphatic heterocycles. The SMILES string of the molecule is CON1CC(C)(C)S(O)(O)c2ccccc21.